The van der Waals surface area contributed by atoms with Gasteiger partial charge in [0.25, 0.3) is 0 Å². The lowest BCUT2D eigenvalue weighted by Crippen LogP contribution is -2.47. The summed E-state index contributed by atoms with van der Waals surface area (Å²) in [4.78, 5) is 13.1. The summed E-state index contributed by atoms with van der Waals surface area (Å²) in [6.45, 7) is -0.00514. The van der Waals surface area contributed by atoms with E-state index in [0.29, 0.717) is 27.2 Å². The second-order valence-corrected chi connectivity index (χ2v) is 8.77. The fourth-order valence-corrected chi connectivity index (χ4v) is 4.16. The van der Waals surface area contributed by atoms with Crippen LogP contribution in [0.25, 0.3) is 10.9 Å². The number of anilines is 1. The number of ether oxygens (including phenoxy) is 2. The van der Waals surface area contributed by atoms with Crippen LogP contribution >= 0.6 is 11.6 Å². The van der Waals surface area contributed by atoms with Crippen LogP contribution in [-0.4, -0.2) is 46.0 Å². The first-order chi connectivity index (χ1) is 13.7. The maximum Gasteiger partial charge on any atom is 0.339 e. The van der Waals surface area contributed by atoms with Crippen LogP contribution in [0.15, 0.2) is 54.7 Å². The third-order valence-electron chi connectivity index (χ3n) is 4.64. The van der Waals surface area contributed by atoms with Crippen LogP contribution in [0, 0.1) is 0 Å². The molecule has 0 saturated heterocycles. The Hall–Kier alpha value is -2.55. The number of aromatic nitrogens is 1. The molecule has 0 aliphatic rings. The van der Waals surface area contributed by atoms with Crippen LogP contribution in [0.1, 0.15) is 5.56 Å². The van der Waals surface area contributed by atoms with Crippen LogP contribution in [0.4, 0.5) is 5.69 Å². The molecule has 9 heteroatoms. The number of esters is 1. The van der Waals surface area contributed by atoms with Gasteiger partial charge in [0.05, 0.1) is 31.2 Å². The number of benzene rings is 2. The largest absolute Gasteiger partial charge is 0.467 e. The van der Waals surface area contributed by atoms with Crippen LogP contribution in [0.2, 0.25) is 5.02 Å². The third kappa shape index (κ3) is 3.96. The van der Waals surface area contributed by atoms with E-state index >= 15 is 0 Å². The third-order valence-corrected chi connectivity index (χ3v) is 5.48. The average Bonchev–Trinajstić information content (AvgIpc) is 3.11. The summed E-state index contributed by atoms with van der Waals surface area (Å²) in [5.41, 5.74) is 0.334. The van der Waals surface area contributed by atoms with Crippen molar-refractivity contribution in [2.75, 3.05) is 31.8 Å². The normalized spacial score (nSPS) is 13.8. The van der Waals surface area contributed by atoms with Crippen molar-refractivity contribution < 1.29 is 22.7 Å². The molecule has 3 aromatic rings. The molecule has 1 atom stereocenters. The maximum absolute atomic E-state index is 13.1. The van der Waals surface area contributed by atoms with Crippen molar-refractivity contribution in [3.05, 3.63) is 65.3 Å². The van der Waals surface area contributed by atoms with E-state index in [1.165, 1.54) is 14.2 Å². The zero-order chi connectivity index (χ0) is 21.2. The minimum absolute atomic E-state index is 0.00514. The lowest BCUT2D eigenvalue weighted by Gasteiger charge is -2.33. The first-order valence-corrected chi connectivity index (χ1v) is 10.9. The molecule has 0 spiro atoms. The number of nitrogens with one attached hydrogen (secondary N) is 1. The first-order valence-electron chi connectivity index (χ1n) is 8.64. The molecule has 1 heterocycles. The number of rotatable bonds is 7. The summed E-state index contributed by atoms with van der Waals surface area (Å²) in [5, 5.41) is 1.17. The number of methoxy groups -OCH3 is 2. The van der Waals surface area contributed by atoms with Gasteiger partial charge < -0.3 is 14.0 Å². The Morgan fingerprint density at radius 1 is 1.14 bits per heavy atom. The number of halogens is 1. The molecule has 1 aromatic heterocycles. The number of nitrogens with zero attached hydrogens (tertiary/aromatic N) is 1. The van der Waals surface area contributed by atoms with Crippen molar-refractivity contribution in [2.24, 2.45) is 0 Å². The molecule has 29 heavy (non-hydrogen) atoms. The number of fused-ring (bicyclic) bond motifs is 1. The lowest BCUT2D eigenvalue weighted by atomic mass is 9.89. The summed E-state index contributed by atoms with van der Waals surface area (Å²) >= 11 is 6.04. The predicted octanol–water partition coefficient (Wildman–Crippen LogP) is 3.23. The van der Waals surface area contributed by atoms with Gasteiger partial charge in [-0.15, -0.1) is 0 Å². The monoisotopic (exact) mass is 436 g/mol. The average molecular weight is 437 g/mol. The minimum Gasteiger partial charge on any atom is -0.467 e. The van der Waals surface area contributed by atoms with Gasteiger partial charge >= 0.3 is 5.97 Å². The molecule has 1 unspecified atom stereocenters. The van der Waals surface area contributed by atoms with Gasteiger partial charge in [-0.05, 0) is 35.9 Å². The molecule has 2 aromatic carbocycles. The van der Waals surface area contributed by atoms with E-state index in [1.807, 2.05) is 0 Å². The Balaban J connectivity index is 2.31. The molecule has 0 saturated carbocycles. The summed E-state index contributed by atoms with van der Waals surface area (Å²) in [6, 6.07) is 13.8. The summed E-state index contributed by atoms with van der Waals surface area (Å²) in [6.07, 6.45) is 2.79. The molecular formula is C20H21ClN2O5S. The molecule has 0 amide bonds. The van der Waals surface area contributed by atoms with Crippen molar-refractivity contribution in [3.63, 3.8) is 0 Å². The van der Waals surface area contributed by atoms with E-state index in [1.54, 1.807) is 59.3 Å². The second kappa shape index (κ2) is 8.06. The van der Waals surface area contributed by atoms with Gasteiger partial charge in [0.2, 0.25) is 10.0 Å². The minimum atomic E-state index is -3.47. The molecule has 1 N–H and O–H groups in total. The second-order valence-electron chi connectivity index (χ2n) is 6.59. The molecule has 0 aliphatic heterocycles. The molecule has 0 fully saturated rings. The highest BCUT2D eigenvalue weighted by Gasteiger charge is 2.44. The fourth-order valence-electron chi connectivity index (χ4n) is 3.46. The Morgan fingerprint density at radius 2 is 1.83 bits per heavy atom. The number of carbonyl (C=O) groups excluding carboxylic acids is 1. The molecule has 154 valence electrons. The van der Waals surface area contributed by atoms with Gasteiger partial charge in [-0.25, -0.2) is 13.2 Å². The Labute approximate surface area is 174 Å². The van der Waals surface area contributed by atoms with Crippen LogP contribution in [-0.2, 0) is 29.8 Å². The number of sulfonamides is 1. The lowest BCUT2D eigenvalue weighted by molar-refractivity contribution is -0.151. The van der Waals surface area contributed by atoms with Crippen LogP contribution in [0.3, 0.4) is 0 Å². The van der Waals surface area contributed by atoms with Crippen LogP contribution < -0.4 is 4.72 Å². The van der Waals surface area contributed by atoms with Crippen molar-refractivity contribution >= 4 is 44.2 Å². The SMILES string of the molecule is COCC(C(=O)OC)(c1ccc(Cl)cc1)n1ccc2c(NS(C)(=O)=O)cccc21. The first kappa shape index (κ1) is 21.2. The summed E-state index contributed by atoms with van der Waals surface area (Å²) in [7, 11) is -0.667. The standard InChI is InChI=1S/C20H21ClN2O5S/c1-27-13-20(19(24)28-2,14-7-9-15(21)10-8-14)23-12-11-16-17(22-29(3,25)26)5-4-6-18(16)23/h4-12,22H,13H2,1-3H3. The smallest absolute Gasteiger partial charge is 0.339 e. The predicted molar refractivity (Wildman–Crippen MR) is 113 cm³/mol. The van der Waals surface area contributed by atoms with E-state index in [2.05, 4.69) is 4.72 Å². The van der Waals surface area contributed by atoms with Gasteiger partial charge in [-0.1, -0.05) is 29.8 Å². The van der Waals surface area contributed by atoms with E-state index in [9.17, 15) is 13.2 Å². The molecule has 0 aliphatic carbocycles. The zero-order valence-electron chi connectivity index (χ0n) is 16.2. The number of hydrogen-bond donors (Lipinski definition) is 1. The topological polar surface area (TPSA) is 86.6 Å². The van der Waals surface area contributed by atoms with Gasteiger partial charge in [0.1, 0.15) is 0 Å². The Morgan fingerprint density at radius 3 is 2.41 bits per heavy atom. The van der Waals surface area contributed by atoms with E-state index < -0.39 is 21.5 Å². The zero-order valence-corrected chi connectivity index (χ0v) is 17.8. The molecule has 3 rings (SSSR count). The van der Waals surface area contributed by atoms with E-state index in [4.69, 9.17) is 21.1 Å². The molecule has 7 nitrogen and oxygen atoms in total. The molecule has 0 radical (unpaired) electrons. The van der Waals surface area contributed by atoms with Crippen molar-refractivity contribution in [1.29, 1.82) is 0 Å². The van der Waals surface area contributed by atoms with E-state index in [0.717, 1.165) is 6.26 Å². The highest BCUT2D eigenvalue weighted by atomic mass is 35.5. The van der Waals surface area contributed by atoms with Crippen molar-refractivity contribution in [3.8, 4) is 0 Å². The fraction of sp³-hybridized carbons (Fsp3) is 0.250. The molecule has 0 bridgehead atoms. The van der Waals surface area contributed by atoms with Gasteiger partial charge in [-0.2, -0.15) is 0 Å². The van der Waals surface area contributed by atoms with Gasteiger partial charge in [-0.3, -0.25) is 4.72 Å². The van der Waals surface area contributed by atoms with Crippen molar-refractivity contribution in [2.45, 2.75) is 5.54 Å². The van der Waals surface area contributed by atoms with Gasteiger partial charge in [0, 0.05) is 23.7 Å². The highest BCUT2D eigenvalue weighted by Crippen LogP contribution is 2.35. The Bertz CT molecular complexity index is 1140. The number of hydrogen-bond acceptors (Lipinski definition) is 5. The van der Waals surface area contributed by atoms with E-state index in [-0.39, 0.29) is 6.61 Å². The maximum atomic E-state index is 13.1. The quantitative estimate of drug-likeness (QED) is 0.574. The summed E-state index contributed by atoms with van der Waals surface area (Å²) in [5.74, 6) is -0.527. The van der Waals surface area contributed by atoms with Crippen molar-refractivity contribution in [1.82, 2.24) is 4.57 Å². The summed E-state index contributed by atoms with van der Waals surface area (Å²) < 4.78 is 38.3. The Kier molecular flexibility index (Phi) is 5.88. The number of carbonyl (C=O) groups is 1. The van der Waals surface area contributed by atoms with Crippen LogP contribution in [0.5, 0.6) is 0 Å². The van der Waals surface area contributed by atoms with Gasteiger partial charge in [0.15, 0.2) is 5.54 Å². The highest BCUT2D eigenvalue weighted by molar-refractivity contribution is 7.92. The molecular weight excluding hydrogens is 416 g/mol.